The molecule has 0 saturated carbocycles. The monoisotopic (exact) mass is 297 g/mol. The fraction of sp³-hybridized carbons (Fsp3) is 1.00. The van der Waals surface area contributed by atoms with Gasteiger partial charge in [0, 0.05) is 35.5 Å². The van der Waals surface area contributed by atoms with E-state index < -0.39 is 20.6 Å². The Kier molecular flexibility index (Phi) is 6.76. The van der Waals surface area contributed by atoms with E-state index in [2.05, 4.69) is 12.2 Å². The van der Waals surface area contributed by atoms with Gasteiger partial charge in [-0.25, -0.2) is 8.42 Å². The predicted molar refractivity (Wildman–Crippen MR) is 74.0 cm³/mol. The van der Waals surface area contributed by atoms with Gasteiger partial charge in [-0.3, -0.25) is 4.21 Å². The predicted octanol–water partition coefficient (Wildman–Crippen LogP) is -0.0632. The van der Waals surface area contributed by atoms with E-state index in [1.807, 2.05) is 0 Å². The van der Waals surface area contributed by atoms with Crippen LogP contribution < -0.4 is 5.32 Å². The van der Waals surface area contributed by atoms with Gasteiger partial charge in [-0.2, -0.15) is 0 Å². The van der Waals surface area contributed by atoms with Crippen LogP contribution in [0.25, 0.3) is 0 Å². The normalized spacial score (nSPS) is 27.0. The molecular weight excluding hydrogens is 274 g/mol. The third-order valence-electron chi connectivity index (χ3n) is 2.95. The Morgan fingerprint density at radius 2 is 2.17 bits per heavy atom. The number of sulfone groups is 1. The van der Waals surface area contributed by atoms with Crippen molar-refractivity contribution < 1.29 is 17.4 Å². The van der Waals surface area contributed by atoms with Gasteiger partial charge < -0.3 is 10.1 Å². The third kappa shape index (κ3) is 5.77. The van der Waals surface area contributed by atoms with Crippen LogP contribution in [-0.2, 0) is 25.4 Å². The summed E-state index contributed by atoms with van der Waals surface area (Å²) in [4.78, 5) is 0. The van der Waals surface area contributed by atoms with Crippen LogP contribution in [0, 0.1) is 0 Å². The molecule has 0 aromatic carbocycles. The summed E-state index contributed by atoms with van der Waals surface area (Å²) in [6, 6.07) is 0.180. The second kappa shape index (κ2) is 7.57. The smallest absolute Gasteiger partial charge is 0.148 e. The highest BCUT2D eigenvalue weighted by atomic mass is 32.2. The molecule has 0 radical (unpaired) electrons. The van der Waals surface area contributed by atoms with Gasteiger partial charge >= 0.3 is 0 Å². The SMILES string of the molecule is CCCNC1CCOCC1S(=O)CCS(C)(=O)=O. The van der Waals surface area contributed by atoms with Gasteiger partial charge in [0.05, 0.1) is 17.6 Å². The van der Waals surface area contributed by atoms with Crippen LogP contribution in [0.4, 0.5) is 0 Å². The molecule has 7 heteroatoms. The van der Waals surface area contributed by atoms with Crippen molar-refractivity contribution in [3.63, 3.8) is 0 Å². The van der Waals surface area contributed by atoms with Crippen LogP contribution in [0.3, 0.4) is 0 Å². The Morgan fingerprint density at radius 1 is 1.44 bits per heavy atom. The topological polar surface area (TPSA) is 72.5 Å². The molecule has 1 saturated heterocycles. The van der Waals surface area contributed by atoms with Crippen LogP contribution in [0.15, 0.2) is 0 Å². The summed E-state index contributed by atoms with van der Waals surface area (Å²) in [5.74, 6) is 0.188. The highest BCUT2D eigenvalue weighted by molar-refractivity contribution is 7.92. The van der Waals surface area contributed by atoms with Gasteiger partial charge in [0.2, 0.25) is 0 Å². The van der Waals surface area contributed by atoms with Gasteiger partial charge in [0.25, 0.3) is 0 Å². The Balaban J connectivity index is 2.51. The number of ether oxygens (including phenoxy) is 1. The summed E-state index contributed by atoms with van der Waals surface area (Å²) < 4.78 is 39.7. The summed E-state index contributed by atoms with van der Waals surface area (Å²) in [6.45, 7) is 4.12. The molecule has 108 valence electrons. The van der Waals surface area contributed by atoms with Gasteiger partial charge in [-0.1, -0.05) is 6.92 Å². The lowest BCUT2D eigenvalue weighted by Crippen LogP contribution is -2.49. The van der Waals surface area contributed by atoms with E-state index in [9.17, 15) is 12.6 Å². The van der Waals surface area contributed by atoms with E-state index in [1.165, 1.54) is 6.26 Å². The molecule has 1 heterocycles. The molecule has 0 spiro atoms. The van der Waals surface area contributed by atoms with Crippen molar-refractivity contribution in [2.75, 3.05) is 37.5 Å². The lowest BCUT2D eigenvalue weighted by molar-refractivity contribution is 0.0821. The maximum Gasteiger partial charge on any atom is 0.148 e. The summed E-state index contributed by atoms with van der Waals surface area (Å²) >= 11 is 0. The highest BCUT2D eigenvalue weighted by Gasteiger charge is 2.30. The first-order valence-electron chi connectivity index (χ1n) is 6.30. The zero-order valence-corrected chi connectivity index (χ0v) is 12.7. The molecule has 1 aliphatic rings. The van der Waals surface area contributed by atoms with E-state index in [1.54, 1.807) is 0 Å². The van der Waals surface area contributed by atoms with Crippen molar-refractivity contribution in [2.24, 2.45) is 0 Å². The summed E-state index contributed by atoms with van der Waals surface area (Å²) in [5, 5.41) is 3.29. The summed E-state index contributed by atoms with van der Waals surface area (Å²) in [5.41, 5.74) is 0. The minimum atomic E-state index is -3.05. The number of hydrogen-bond donors (Lipinski definition) is 1. The van der Waals surface area contributed by atoms with Gasteiger partial charge in [0.1, 0.15) is 9.84 Å². The molecule has 3 unspecified atom stereocenters. The molecule has 5 nitrogen and oxygen atoms in total. The van der Waals surface area contributed by atoms with E-state index in [4.69, 9.17) is 4.74 Å². The standard InChI is InChI=1S/C11H23NO4S2/c1-3-5-12-10-4-6-16-9-11(10)17(13)7-8-18(2,14)15/h10-12H,3-9H2,1-2H3. The molecule has 0 aromatic rings. The Morgan fingerprint density at radius 3 is 2.78 bits per heavy atom. The van der Waals surface area contributed by atoms with Crippen LogP contribution in [0.5, 0.6) is 0 Å². The maximum absolute atomic E-state index is 12.1. The number of rotatable bonds is 7. The Hall–Kier alpha value is 0.0200. The molecule has 1 aliphatic heterocycles. The fourth-order valence-electron chi connectivity index (χ4n) is 1.92. The molecule has 0 aromatic heterocycles. The van der Waals surface area contributed by atoms with Crippen LogP contribution in [-0.4, -0.2) is 61.4 Å². The quantitative estimate of drug-likeness (QED) is 0.712. The van der Waals surface area contributed by atoms with Crippen LogP contribution in [0.1, 0.15) is 19.8 Å². The second-order valence-corrected chi connectivity index (χ2v) is 8.71. The van der Waals surface area contributed by atoms with Crippen molar-refractivity contribution in [3.8, 4) is 0 Å². The molecule has 3 atom stereocenters. The molecule has 0 bridgehead atoms. The molecule has 0 aliphatic carbocycles. The third-order valence-corrected chi connectivity index (χ3v) is 5.90. The molecule has 1 rings (SSSR count). The average Bonchev–Trinajstić information content (AvgIpc) is 2.33. The van der Waals surface area contributed by atoms with Gasteiger partial charge in [-0.05, 0) is 19.4 Å². The summed E-state index contributed by atoms with van der Waals surface area (Å²) in [6.07, 6.45) is 3.05. The van der Waals surface area contributed by atoms with Crippen molar-refractivity contribution in [3.05, 3.63) is 0 Å². The van der Waals surface area contributed by atoms with E-state index in [0.29, 0.717) is 13.2 Å². The number of nitrogens with one attached hydrogen (secondary N) is 1. The Bertz CT molecular complexity index is 369. The number of hydrogen-bond acceptors (Lipinski definition) is 5. The average molecular weight is 297 g/mol. The van der Waals surface area contributed by atoms with Crippen LogP contribution >= 0.6 is 0 Å². The fourth-order valence-corrected chi connectivity index (χ4v) is 4.94. The molecule has 1 N–H and O–H groups in total. The second-order valence-electron chi connectivity index (χ2n) is 4.68. The lowest BCUT2D eigenvalue weighted by atomic mass is 10.1. The zero-order valence-electron chi connectivity index (χ0n) is 11.1. The first kappa shape index (κ1) is 16.1. The van der Waals surface area contributed by atoms with Crippen molar-refractivity contribution in [1.82, 2.24) is 5.32 Å². The van der Waals surface area contributed by atoms with Crippen LogP contribution in [0.2, 0.25) is 0 Å². The van der Waals surface area contributed by atoms with E-state index >= 15 is 0 Å². The van der Waals surface area contributed by atoms with Gasteiger partial charge in [-0.15, -0.1) is 0 Å². The molecule has 1 fully saturated rings. The maximum atomic E-state index is 12.1. The first-order chi connectivity index (χ1) is 8.44. The van der Waals surface area contributed by atoms with Crippen molar-refractivity contribution >= 4 is 20.6 Å². The zero-order chi connectivity index (χ0) is 13.6. The molecule has 0 amide bonds. The minimum Gasteiger partial charge on any atom is -0.380 e. The van der Waals surface area contributed by atoms with Crippen molar-refractivity contribution in [2.45, 2.75) is 31.1 Å². The van der Waals surface area contributed by atoms with Crippen molar-refractivity contribution in [1.29, 1.82) is 0 Å². The van der Waals surface area contributed by atoms with E-state index in [0.717, 1.165) is 19.4 Å². The summed E-state index contributed by atoms with van der Waals surface area (Å²) in [7, 11) is -4.20. The largest absolute Gasteiger partial charge is 0.380 e. The first-order valence-corrected chi connectivity index (χ1v) is 9.74. The molecular formula is C11H23NO4S2. The molecule has 18 heavy (non-hydrogen) atoms. The van der Waals surface area contributed by atoms with Gasteiger partial charge in [0.15, 0.2) is 0 Å². The highest BCUT2D eigenvalue weighted by Crippen LogP contribution is 2.14. The Labute approximate surface area is 112 Å². The minimum absolute atomic E-state index is 0.0173. The lowest BCUT2D eigenvalue weighted by Gasteiger charge is -2.31. The van der Waals surface area contributed by atoms with E-state index in [-0.39, 0.29) is 22.8 Å².